The number of nitrogens with zero attached hydrogens (tertiary/aromatic N) is 1. The minimum absolute atomic E-state index is 0.479. The van der Waals surface area contributed by atoms with Crippen LogP contribution in [0, 0.1) is 18.8 Å². The maximum Gasteiger partial charge on any atom is 0.193 e. The van der Waals surface area contributed by atoms with Crippen LogP contribution in [0.1, 0.15) is 31.2 Å². The van der Waals surface area contributed by atoms with Gasteiger partial charge in [0.2, 0.25) is 0 Å². The zero-order valence-electron chi connectivity index (χ0n) is 10.9. The van der Waals surface area contributed by atoms with Gasteiger partial charge in [-0.25, -0.2) is 4.99 Å². The minimum atomic E-state index is 0.479. The Morgan fingerprint density at radius 2 is 2.22 bits per heavy atom. The van der Waals surface area contributed by atoms with Gasteiger partial charge in [-0.15, -0.1) is 0 Å². The number of aliphatic imine (C=N–C) groups is 1. The van der Waals surface area contributed by atoms with Crippen molar-refractivity contribution in [1.82, 2.24) is 0 Å². The summed E-state index contributed by atoms with van der Waals surface area (Å²) in [7, 11) is 0. The molecule has 0 amide bonds. The number of rotatable bonds is 3. The molecule has 0 aromatic heterocycles. The molecule has 3 rings (SSSR count). The molecule has 0 radical (unpaired) electrons. The molecular weight excluding hydrogens is 222 g/mol. The Labute approximate surface area is 108 Å². The first-order valence-corrected chi connectivity index (χ1v) is 6.89. The lowest BCUT2D eigenvalue weighted by molar-refractivity contribution is 0.274. The SMILES string of the molecule is Cc1cccc(NC(N)=N[C@@H]2C[C@H]2C2CCC2)c1. The molecule has 2 atom stereocenters. The number of aryl methyl sites for hydroxylation is 1. The molecule has 2 saturated carbocycles. The monoisotopic (exact) mass is 243 g/mol. The van der Waals surface area contributed by atoms with E-state index in [9.17, 15) is 0 Å². The van der Waals surface area contributed by atoms with E-state index in [-0.39, 0.29) is 0 Å². The highest BCUT2D eigenvalue weighted by atomic mass is 15.1. The molecule has 0 saturated heterocycles. The van der Waals surface area contributed by atoms with E-state index < -0.39 is 0 Å². The molecule has 3 N–H and O–H groups in total. The van der Waals surface area contributed by atoms with Crippen molar-refractivity contribution in [3.05, 3.63) is 29.8 Å². The van der Waals surface area contributed by atoms with Gasteiger partial charge >= 0.3 is 0 Å². The van der Waals surface area contributed by atoms with Crippen LogP contribution in [0.2, 0.25) is 0 Å². The molecule has 0 spiro atoms. The van der Waals surface area contributed by atoms with Crippen molar-refractivity contribution in [2.75, 3.05) is 5.32 Å². The van der Waals surface area contributed by atoms with Gasteiger partial charge in [-0.2, -0.15) is 0 Å². The van der Waals surface area contributed by atoms with Crippen LogP contribution in [0.15, 0.2) is 29.3 Å². The smallest absolute Gasteiger partial charge is 0.193 e. The predicted molar refractivity (Wildman–Crippen MR) is 75.7 cm³/mol. The van der Waals surface area contributed by atoms with Gasteiger partial charge in [0.25, 0.3) is 0 Å². The molecule has 18 heavy (non-hydrogen) atoms. The maximum absolute atomic E-state index is 5.96. The summed E-state index contributed by atoms with van der Waals surface area (Å²) in [6, 6.07) is 8.68. The quantitative estimate of drug-likeness (QED) is 0.633. The highest BCUT2D eigenvalue weighted by molar-refractivity contribution is 5.92. The molecule has 0 aliphatic heterocycles. The van der Waals surface area contributed by atoms with Crippen LogP contribution in [-0.4, -0.2) is 12.0 Å². The average Bonchev–Trinajstić information content (AvgIpc) is 2.93. The van der Waals surface area contributed by atoms with Gasteiger partial charge in [0, 0.05) is 5.69 Å². The standard InChI is InChI=1S/C15H21N3/c1-10-4-2-7-12(8-10)17-15(16)18-14-9-13(14)11-5-3-6-11/h2,4,7-8,11,13-14H,3,5-6,9H2,1H3,(H3,16,17,18)/t13-,14+/m0/s1. The average molecular weight is 243 g/mol. The molecule has 1 aromatic rings. The summed E-state index contributed by atoms with van der Waals surface area (Å²) in [5.41, 5.74) is 8.21. The van der Waals surface area contributed by atoms with E-state index in [1.165, 1.54) is 31.2 Å². The summed E-state index contributed by atoms with van der Waals surface area (Å²) in [6.45, 7) is 2.08. The topological polar surface area (TPSA) is 50.4 Å². The predicted octanol–water partition coefficient (Wildman–Crippen LogP) is 2.91. The first-order valence-electron chi connectivity index (χ1n) is 6.89. The molecule has 0 bridgehead atoms. The van der Waals surface area contributed by atoms with E-state index >= 15 is 0 Å². The number of anilines is 1. The van der Waals surface area contributed by atoms with Crippen molar-refractivity contribution in [2.45, 2.75) is 38.6 Å². The largest absolute Gasteiger partial charge is 0.370 e. The van der Waals surface area contributed by atoms with E-state index in [1.807, 2.05) is 12.1 Å². The first kappa shape index (κ1) is 11.6. The molecule has 96 valence electrons. The highest BCUT2D eigenvalue weighted by Gasteiger charge is 2.45. The lowest BCUT2D eigenvalue weighted by Gasteiger charge is -2.25. The van der Waals surface area contributed by atoms with Crippen LogP contribution in [0.5, 0.6) is 0 Å². The summed E-state index contributed by atoms with van der Waals surface area (Å²) < 4.78 is 0. The minimum Gasteiger partial charge on any atom is -0.370 e. The van der Waals surface area contributed by atoms with Gasteiger partial charge in [0.15, 0.2) is 5.96 Å². The number of benzene rings is 1. The maximum atomic E-state index is 5.96. The van der Waals surface area contributed by atoms with Gasteiger partial charge in [0.1, 0.15) is 0 Å². The van der Waals surface area contributed by atoms with Crippen molar-refractivity contribution >= 4 is 11.6 Å². The van der Waals surface area contributed by atoms with Gasteiger partial charge in [-0.1, -0.05) is 31.4 Å². The van der Waals surface area contributed by atoms with E-state index in [2.05, 4.69) is 29.4 Å². The third kappa shape index (κ3) is 2.50. The number of nitrogens with one attached hydrogen (secondary N) is 1. The summed E-state index contributed by atoms with van der Waals surface area (Å²) in [4.78, 5) is 4.58. The van der Waals surface area contributed by atoms with Crippen molar-refractivity contribution in [1.29, 1.82) is 0 Å². The molecule has 0 unspecified atom stereocenters. The van der Waals surface area contributed by atoms with Crippen LogP contribution in [0.3, 0.4) is 0 Å². The van der Waals surface area contributed by atoms with Crippen molar-refractivity contribution in [3.63, 3.8) is 0 Å². The van der Waals surface area contributed by atoms with E-state index in [0.717, 1.165) is 17.5 Å². The normalized spacial score (nSPS) is 27.7. The Morgan fingerprint density at radius 3 is 2.89 bits per heavy atom. The van der Waals surface area contributed by atoms with E-state index in [4.69, 9.17) is 5.73 Å². The van der Waals surface area contributed by atoms with Crippen molar-refractivity contribution < 1.29 is 0 Å². The van der Waals surface area contributed by atoms with E-state index in [0.29, 0.717) is 12.0 Å². The number of hydrogen-bond donors (Lipinski definition) is 2. The lowest BCUT2D eigenvalue weighted by atomic mass is 9.81. The van der Waals surface area contributed by atoms with Crippen LogP contribution < -0.4 is 11.1 Å². The summed E-state index contributed by atoms with van der Waals surface area (Å²) in [5, 5.41) is 3.18. The van der Waals surface area contributed by atoms with Crippen LogP contribution in [0.25, 0.3) is 0 Å². The lowest BCUT2D eigenvalue weighted by Crippen LogP contribution is -2.24. The summed E-state index contributed by atoms with van der Waals surface area (Å²) in [6.07, 6.45) is 5.46. The van der Waals surface area contributed by atoms with Crippen molar-refractivity contribution in [3.8, 4) is 0 Å². The van der Waals surface area contributed by atoms with Crippen LogP contribution in [0.4, 0.5) is 5.69 Å². The second-order valence-electron chi connectivity index (χ2n) is 5.67. The second-order valence-corrected chi connectivity index (χ2v) is 5.67. The Balaban J connectivity index is 1.56. The molecule has 3 nitrogen and oxygen atoms in total. The Hall–Kier alpha value is -1.51. The first-order chi connectivity index (χ1) is 8.72. The van der Waals surface area contributed by atoms with Gasteiger partial charge < -0.3 is 11.1 Å². The zero-order valence-corrected chi connectivity index (χ0v) is 10.9. The number of guanidine groups is 1. The second kappa shape index (κ2) is 4.63. The molecular formula is C15H21N3. The van der Waals surface area contributed by atoms with E-state index in [1.54, 1.807) is 0 Å². The Bertz CT molecular complexity index is 463. The molecule has 2 fully saturated rings. The van der Waals surface area contributed by atoms with Crippen LogP contribution >= 0.6 is 0 Å². The molecule has 1 aromatic carbocycles. The zero-order chi connectivity index (χ0) is 12.5. The highest BCUT2D eigenvalue weighted by Crippen LogP contribution is 2.48. The molecule has 2 aliphatic rings. The molecule has 0 heterocycles. The Morgan fingerprint density at radius 1 is 1.39 bits per heavy atom. The number of nitrogens with two attached hydrogens (primary N) is 1. The molecule has 2 aliphatic carbocycles. The summed E-state index contributed by atoms with van der Waals surface area (Å²) >= 11 is 0. The fraction of sp³-hybridized carbons (Fsp3) is 0.533. The molecule has 3 heteroatoms. The summed E-state index contributed by atoms with van der Waals surface area (Å²) in [5.74, 6) is 2.31. The fourth-order valence-corrected chi connectivity index (χ4v) is 2.80. The number of hydrogen-bond acceptors (Lipinski definition) is 1. The fourth-order valence-electron chi connectivity index (χ4n) is 2.80. The van der Waals surface area contributed by atoms with Crippen molar-refractivity contribution in [2.24, 2.45) is 22.6 Å². The Kier molecular flexibility index (Phi) is 2.98. The third-order valence-electron chi connectivity index (χ3n) is 4.16. The van der Waals surface area contributed by atoms with Gasteiger partial charge in [-0.05, 0) is 42.9 Å². The van der Waals surface area contributed by atoms with Crippen LogP contribution in [-0.2, 0) is 0 Å². The van der Waals surface area contributed by atoms with Gasteiger partial charge in [-0.3, -0.25) is 0 Å². The van der Waals surface area contributed by atoms with Gasteiger partial charge in [0.05, 0.1) is 6.04 Å². The third-order valence-corrected chi connectivity index (χ3v) is 4.16.